The highest BCUT2D eigenvalue weighted by molar-refractivity contribution is 5.38. The molecule has 0 aliphatic heterocycles. The fourth-order valence-corrected chi connectivity index (χ4v) is 0.337. The SMILES string of the molecule is CCC=CC=COC=O. The molecule has 0 aromatic rings. The maximum atomic E-state index is 9.54. The lowest BCUT2D eigenvalue weighted by Gasteiger charge is -1.78. The Morgan fingerprint density at radius 3 is 2.78 bits per heavy atom. The highest BCUT2D eigenvalue weighted by Crippen LogP contribution is 1.80. The predicted molar refractivity (Wildman–Crippen MR) is 35.7 cm³/mol. The van der Waals surface area contributed by atoms with Crippen LogP contribution in [0.3, 0.4) is 0 Å². The molecule has 0 aliphatic carbocycles. The monoisotopic (exact) mass is 126 g/mol. The topological polar surface area (TPSA) is 26.3 Å². The van der Waals surface area contributed by atoms with Crippen molar-refractivity contribution in [3.8, 4) is 0 Å². The van der Waals surface area contributed by atoms with Crippen LogP contribution in [0.2, 0.25) is 0 Å². The molecule has 0 aliphatic rings. The fourth-order valence-electron chi connectivity index (χ4n) is 0.337. The first kappa shape index (κ1) is 7.95. The molecule has 9 heavy (non-hydrogen) atoms. The van der Waals surface area contributed by atoms with E-state index in [0.717, 1.165) is 6.42 Å². The molecule has 2 nitrogen and oxygen atoms in total. The standard InChI is InChI=1S/C7H10O2/c1-2-3-4-5-6-9-7-8/h3-7H,2H2,1H3. The van der Waals surface area contributed by atoms with Gasteiger partial charge in [0, 0.05) is 0 Å². The number of hydrogen-bond acceptors (Lipinski definition) is 2. The molecule has 0 saturated heterocycles. The smallest absolute Gasteiger partial charge is 0.297 e. The second kappa shape index (κ2) is 6.95. The van der Waals surface area contributed by atoms with Gasteiger partial charge in [0.05, 0.1) is 6.26 Å². The van der Waals surface area contributed by atoms with Gasteiger partial charge >= 0.3 is 0 Å². The Morgan fingerprint density at radius 2 is 2.22 bits per heavy atom. The van der Waals surface area contributed by atoms with E-state index in [0.29, 0.717) is 6.47 Å². The number of carbonyl (C=O) groups is 1. The molecule has 2 heteroatoms. The van der Waals surface area contributed by atoms with Crippen LogP contribution in [-0.2, 0) is 9.53 Å². The minimum absolute atomic E-state index is 0.385. The zero-order valence-corrected chi connectivity index (χ0v) is 5.41. The Bertz CT molecular complexity index is 114. The Morgan fingerprint density at radius 1 is 1.44 bits per heavy atom. The summed E-state index contributed by atoms with van der Waals surface area (Å²) >= 11 is 0. The van der Waals surface area contributed by atoms with Crippen LogP contribution in [0.4, 0.5) is 0 Å². The molecule has 0 atom stereocenters. The van der Waals surface area contributed by atoms with E-state index in [1.165, 1.54) is 6.26 Å². The van der Waals surface area contributed by atoms with Crippen LogP contribution in [0.5, 0.6) is 0 Å². The van der Waals surface area contributed by atoms with E-state index in [1.54, 1.807) is 6.08 Å². The van der Waals surface area contributed by atoms with Gasteiger partial charge in [-0.15, -0.1) is 0 Å². The highest BCUT2D eigenvalue weighted by atomic mass is 16.5. The Labute approximate surface area is 54.8 Å². The third-order valence-corrected chi connectivity index (χ3v) is 0.696. The minimum Gasteiger partial charge on any atom is -0.437 e. The van der Waals surface area contributed by atoms with Gasteiger partial charge in [-0.3, -0.25) is 4.79 Å². The van der Waals surface area contributed by atoms with Crippen molar-refractivity contribution in [2.45, 2.75) is 13.3 Å². The van der Waals surface area contributed by atoms with Crippen LogP contribution in [0, 0.1) is 0 Å². The summed E-state index contributed by atoms with van der Waals surface area (Å²) in [4.78, 5) is 9.54. The number of ether oxygens (including phenoxy) is 1. The van der Waals surface area contributed by atoms with Crippen LogP contribution in [-0.4, -0.2) is 6.47 Å². The lowest BCUT2D eigenvalue weighted by Crippen LogP contribution is -1.69. The summed E-state index contributed by atoms with van der Waals surface area (Å²) in [5.41, 5.74) is 0. The molecule has 0 fully saturated rings. The zero-order valence-electron chi connectivity index (χ0n) is 5.41. The molecular formula is C7H10O2. The second-order valence-electron chi connectivity index (χ2n) is 1.40. The third-order valence-electron chi connectivity index (χ3n) is 0.696. The summed E-state index contributed by atoms with van der Waals surface area (Å²) in [6.07, 6.45) is 7.77. The number of hydrogen-bond donors (Lipinski definition) is 0. The van der Waals surface area contributed by atoms with E-state index < -0.39 is 0 Å². The Hall–Kier alpha value is -1.05. The van der Waals surface area contributed by atoms with E-state index >= 15 is 0 Å². The highest BCUT2D eigenvalue weighted by Gasteiger charge is 1.64. The molecule has 50 valence electrons. The Balaban J connectivity index is 3.23. The minimum atomic E-state index is 0.385. The van der Waals surface area contributed by atoms with Crippen LogP contribution in [0.1, 0.15) is 13.3 Å². The molecule has 0 spiro atoms. The summed E-state index contributed by atoms with van der Waals surface area (Å²) in [7, 11) is 0. The molecule has 0 aromatic heterocycles. The molecule has 0 radical (unpaired) electrons. The van der Waals surface area contributed by atoms with Gasteiger partial charge in [-0.25, -0.2) is 0 Å². The van der Waals surface area contributed by atoms with Crippen molar-refractivity contribution in [1.29, 1.82) is 0 Å². The van der Waals surface area contributed by atoms with Gasteiger partial charge in [-0.2, -0.15) is 0 Å². The molecule has 0 heterocycles. The number of rotatable bonds is 4. The van der Waals surface area contributed by atoms with Gasteiger partial charge in [0.15, 0.2) is 0 Å². The zero-order chi connectivity index (χ0) is 6.95. The van der Waals surface area contributed by atoms with Crippen molar-refractivity contribution < 1.29 is 9.53 Å². The summed E-state index contributed by atoms with van der Waals surface area (Å²) < 4.78 is 4.27. The van der Waals surface area contributed by atoms with Gasteiger partial charge in [-0.1, -0.05) is 19.1 Å². The first-order valence-corrected chi connectivity index (χ1v) is 2.82. The third kappa shape index (κ3) is 6.95. The normalized spacial score (nSPS) is 10.8. The summed E-state index contributed by atoms with van der Waals surface area (Å²) in [5, 5.41) is 0. The fraction of sp³-hybridized carbons (Fsp3) is 0.286. The average Bonchev–Trinajstić information content (AvgIpc) is 1.89. The molecule has 0 unspecified atom stereocenters. The van der Waals surface area contributed by atoms with Crippen LogP contribution in [0.15, 0.2) is 24.5 Å². The van der Waals surface area contributed by atoms with E-state index in [1.807, 2.05) is 19.1 Å². The average molecular weight is 126 g/mol. The maximum Gasteiger partial charge on any atom is 0.297 e. The number of carbonyl (C=O) groups excluding carboxylic acids is 1. The Kier molecular flexibility index (Phi) is 6.14. The van der Waals surface area contributed by atoms with E-state index in [2.05, 4.69) is 4.74 Å². The van der Waals surface area contributed by atoms with Crippen molar-refractivity contribution >= 4 is 6.47 Å². The predicted octanol–water partition coefficient (Wildman–Crippen LogP) is 1.64. The molecule has 0 amide bonds. The number of allylic oxidation sites excluding steroid dienone is 3. The van der Waals surface area contributed by atoms with Crippen LogP contribution < -0.4 is 0 Å². The van der Waals surface area contributed by atoms with Crippen molar-refractivity contribution in [3.05, 3.63) is 24.5 Å². The molecule has 0 N–H and O–H groups in total. The maximum absolute atomic E-state index is 9.54. The van der Waals surface area contributed by atoms with Crippen LogP contribution >= 0.6 is 0 Å². The lowest BCUT2D eigenvalue weighted by molar-refractivity contribution is -0.123. The van der Waals surface area contributed by atoms with Gasteiger partial charge < -0.3 is 4.74 Å². The largest absolute Gasteiger partial charge is 0.437 e. The molecule has 0 rings (SSSR count). The van der Waals surface area contributed by atoms with Gasteiger partial charge in [0.2, 0.25) is 0 Å². The van der Waals surface area contributed by atoms with Crippen molar-refractivity contribution in [3.63, 3.8) is 0 Å². The van der Waals surface area contributed by atoms with Crippen molar-refractivity contribution in [2.24, 2.45) is 0 Å². The molecule has 0 aromatic carbocycles. The molecule has 0 bridgehead atoms. The van der Waals surface area contributed by atoms with E-state index in [-0.39, 0.29) is 0 Å². The second-order valence-corrected chi connectivity index (χ2v) is 1.40. The van der Waals surface area contributed by atoms with E-state index in [9.17, 15) is 4.79 Å². The summed E-state index contributed by atoms with van der Waals surface area (Å²) in [5.74, 6) is 0. The first-order valence-electron chi connectivity index (χ1n) is 2.82. The molecular weight excluding hydrogens is 116 g/mol. The van der Waals surface area contributed by atoms with Crippen molar-refractivity contribution in [1.82, 2.24) is 0 Å². The summed E-state index contributed by atoms with van der Waals surface area (Å²) in [6, 6.07) is 0. The van der Waals surface area contributed by atoms with Gasteiger partial charge in [-0.05, 0) is 12.5 Å². The molecule has 0 saturated carbocycles. The quantitative estimate of drug-likeness (QED) is 0.325. The van der Waals surface area contributed by atoms with Gasteiger partial charge in [0.1, 0.15) is 0 Å². The van der Waals surface area contributed by atoms with Gasteiger partial charge in [0.25, 0.3) is 6.47 Å². The summed E-state index contributed by atoms with van der Waals surface area (Å²) in [6.45, 7) is 2.42. The van der Waals surface area contributed by atoms with E-state index in [4.69, 9.17) is 0 Å². The lowest BCUT2D eigenvalue weighted by atomic mass is 10.4. The van der Waals surface area contributed by atoms with Crippen LogP contribution in [0.25, 0.3) is 0 Å². The first-order chi connectivity index (χ1) is 4.41. The van der Waals surface area contributed by atoms with Crippen molar-refractivity contribution in [2.75, 3.05) is 0 Å².